The van der Waals surface area contributed by atoms with Crippen molar-refractivity contribution in [2.24, 2.45) is 0 Å². The van der Waals surface area contributed by atoms with Crippen LogP contribution in [-0.2, 0) is 29.4 Å². The van der Waals surface area contributed by atoms with Gasteiger partial charge in [0.05, 0.1) is 17.1 Å². The van der Waals surface area contributed by atoms with Crippen LogP contribution in [0.5, 0.6) is 0 Å². The van der Waals surface area contributed by atoms with Crippen molar-refractivity contribution in [3.63, 3.8) is 0 Å². The lowest BCUT2D eigenvalue weighted by atomic mass is 10.0. The van der Waals surface area contributed by atoms with Crippen molar-refractivity contribution in [2.75, 3.05) is 0 Å². The molecule has 1 aliphatic carbocycles. The summed E-state index contributed by atoms with van der Waals surface area (Å²) in [6.07, 6.45) is 4.32. The van der Waals surface area contributed by atoms with Crippen LogP contribution in [0.15, 0.2) is 23.1 Å². The molecule has 0 saturated heterocycles. The van der Waals surface area contributed by atoms with Gasteiger partial charge in [-0.25, -0.2) is 18.1 Å². The van der Waals surface area contributed by atoms with Gasteiger partial charge in [-0.3, -0.25) is 0 Å². The van der Waals surface area contributed by atoms with E-state index in [2.05, 4.69) is 14.7 Å². The summed E-state index contributed by atoms with van der Waals surface area (Å²) in [5.74, 6) is 0.694. The minimum Gasteiger partial charge on any atom is -0.345 e. The molecule has 0 atom stereocenters. The van der Waals surface area contributed by atoms with Gasteiger partial charge in [-0.05, 0) is 62.8 Å². The lowest BCUT2D eigenvalue weighted by molar-refractivity contribution is 0.579. The Balaban J connectivity index is 1.74. The van der Waals surface area contributed by atoms with Gasteiger partial charge in [0, 0.05) is 5.69 Å². The highest BCUT2D eigenvalue weighted by molar-refractivity contribution is 7.89. The molecule has 2 aromatic rings. The lowest BCUT2D eigenvalue weighted by Crippen LogP contribution is -2.24. The number of aryl methyl sites for hydroxylation is 4. The second kappa shape index (κ2) is 5.85. The van der Waals surface area contributed by atoms with E-state index in [9.17, 15) is 8.42 Å². The summed E-state index contributed by atoms with van der Waals surface area (Å²) in [4.78, 5) is 8.03. The number of hydrogen-bond acceptors (Lipinski definition) is 3. The number of fused-ring (bicyclic) bond motifs is 1. The number of benzene rings is 1. The van der Waals surface area contributed by atoms with E-state index in [1.807, 2.05) is 19.9 Å². The van der Waals surface area contributed by atoms with Gasteiger partial charge in [-0.2, -0.15) is 0 Å². The van der Waals surface area contributed by atoms with Crippen molar-refractivity contribution in [1.82, 2.24) is 14.7 Å². The molecule has 118 valence electrons. The molecule has 0 spiro atoms. The average molecular weight is 319 g/mol. The predicted molar refractivity (Wildman–Crippen MR) is 85.2 cm³/mol. The Labute approximate surface area is 131 Å². The molecule has 0 saturated carbocycles. The summed E-state index contributed by atoms with van der Waals surface area (Å²) in [5, 5.41) is 0. The monoisotopic (exact) mass is 319 g/mol. The number of rotatable bonds is 4. The van der Waals surface area contributed by atoms with Crippen molar-refractivity contribution in [3.8, 4) is 0 Å². The van der Waals surface area contributed by atoms with Gasteiger partial charge in [0.1, 0.15) is 5.82 Å². The highest BCUT2D eigenvalue weighted by Gasteiger charge is 2.18. The minimum absolute atomic E-state index is 0.197. The molecule has 0 aliphatic heterocycles. The van der Waals surface area contributed by atoms with E-state index in [4.69, 9.17) is 0 Å². The van der Waals surface area contributed by atoms with Gasteiger partial charge in [0.15, 0.2) is 0 Å². The quantitative estimate of drug-likeness (QED) is 0.908. The Kier molecular flexibility index (Phi) is 4.06. The molecule has 1 heterocycles. The maximum Gasteiger partial charge on any atom is 0.240 e. The zero-order valence-corrected chi connectivity index (χ0v) is 13.8. The molecule has 0 unspecified atom stereocenters. The van der Waals surface area contributed by atoms with Crippen LogP contribution in [0.2, 0.25) is 0 Å². The van der Waals surface area contributed by atoms with Crippen LogP contribution in [0.1, 0.15) is 41.2 Å². The van der Waals surface area contributed by atoms with Crippen LogP contribution in [0.3, 0.4) is 0 Å². The number of nitrogens with zero attached hydrogens (tertiary/aromatic N) is 1. The molecule has 3 rings (SSSR count). The topological polar surface area (TPSA) is 74.8 Å². The second-order valence-corrected chi connectivity index (χ2v) is 7.65. The molecule has 5 nitrogen and oxygen atoms in total. The SMILES string of the molecule is Cc1ccc(S(=O)(=O)NCc2nc3c([nH]2)CCCC3)cc1C. The minimum atomic E-state index is -3.51. The van der Waals surface area contributed by atoms with Crippen LogP contribution < -0.4 is 4.72 Å². The van der Waals surface area contributed by atoms with E-state index < -0.39 is 10.0 Å². The molecular formula is C16H21N3O2S. The van der Waals surface area contributed by atoms with E-state index in [-0.39, 0.29) is 6.54 Å². The molecule has 1 aromatic carbocycles. The number of H-pyrrole nitrogens is 1. The van der Waals surface area contributed by atoms with Crippen molar-refractivity contribution >= 4 is 10.0 Å². The Hall–Kier alpha value is -1.66. The van der Waals surface area contributed by atoms with Gasteiger partial charge >= 0.3 is 0 Å². The van der Waals surface area contributed by atoms with Crippen LogP contribution in [0.4, 0.5) is 0 Å². The van der Waals surface area contributed by atoms with Crippen molar-refractivity contribution in [1.29, 1.82) is 0 Å². The number of sulfonamides is 1. The second-order valence-electron chi connectivity index (χ2n) is 5.89. The Morgan fingerprint density at radius 3 is 2.68 bits per heavy atom. The maximum absolute atomic E-state index is 12.4. The molecule has 1 aliphatic rings. The first kappa shape index (κ1) is 15.2. The molecule has 6 heteroatoms. The summed E-state index contributed by atoms with van der Waals surface area (Å²) in [6, 6.07) is 5.16. The molecule has 2 N–H and O–H groups in total. The van der Waals surface area contributed by atoms with Gasteiger partial charge in [0.25, 0.3) is 0 Å². The number of nitrogens with one attached hydrogen (secondary N) is 2. The van der Waals surface area contributed by atoms with Crippen molar-refractivity contribution in [2.45, 2.75) is 51.0 Å². The van der Waals surface area contributed by atoms with Crippen LogP contribution in [0.25, 0.3) is 0 Å². The maximum atomic E-state index is 12.4. The third-order valence-corrected chi connectivity index (χ3v) is 5.62. The zero-order valence-electron chi connectivity index (χ0n) is 12.9. The Morgan fingerprint density at radius 1 is 1.18 bits per heavy atom. The lowest BCUT2D eigenvalue weighted by Gasteiger charge is -2.07. The molecule has 1 aromatic heterocycles. The predicted octanol–water partition coefficient (Wildman–Crippen LogP) is 2.38. The summed E-state index contributed by atoms with van der Waals surface area (Å²) in [5.41, 5.74) is 4.30. The standard InChI is InChI=1S/C16H21N3O2S/c1-11-7-8-13(9-12(11)2)22(20,21)17-10-16-18-14-5-3-4-6-15(14)19-16/h7-9,17H,3-6,10H2,1-2H3,(H,18,19). The highest BCUT2D eigenvalue weighted by Crippen LogP contribution is 2.19. The van der Waals surface area contributed by atoms with Crippen LogP contribution in [-0.4, -0.2) is 18.4 Å². The van der Waals surface area contributed by atoms with Gasteiger partial charge in [-0.1, -0.05) is 6.07 Å². The average Bonchev–Trinajstić information content (AvgIpc) is 2.91. The number of aromatic nitrogens is 2. The summed E-state index contributed by atoms with van der Waals surface area (Å²) in [7, 11) is -3.51. The van der Waals surface area contributed by atoms with Crippen LogP contribution >= 0.6 is 0 Å². The smallest absolute Gasteiger partial charge is 0.240 e. The fourth-order valence-electron chi connectivity index (χ4n) is 2.72. The largest absolute Gasteiger partial charge is 0.345 e. The molecule has 0 bridgehead atoms. The van der Waals surface area contributed by atoms with Crippen molar-refractivity contribution < 1.29 is 8.42 Å². The number of aromatic amines is 1. The first-order valence-corrected chi connectivity index (χ1v) is 9.07. The highest BCUT2D eigenvalue weighted by atomic mass is 32.2. The Morgan fingerprint density at radius 2 is 1.95 bits per heavy atom. The fourth-order valence-corrected chi connectivity index (χ4v) is 3.80. The summed E-state index contributed by atoms with van der Waals surface area (Å²) in [6.45, 7) is 4.07. The van der Waals surface area contributed by atoms with E-state index >= 15 is 0 Å². The third kappa shape index (κ3) is 3.08. The normalized spacial score (nSPS) is 14.8. The van der Waals surface area contributed by atoms with Crippen LogP contribution in [0, 0.1) is 13.8 Å². The molecule has 0 radical (unpaired) electrons. The van der Waals surface area contributed by atoms with Crippen molar-refractivity contribution in [3.05, 3.63) is 46.5 Å². The molecule has 22 heavy (non-hydrogen) atoms. The molecule has 0 fully saturated rings. The van der Waals surface area contributed by atoms with Gasteiger partial charge in [0.2, 0.25) is 10.0 Å². The van der Waals surface area contributed by atoms with E-state index in [0.29, 0.717) is 10.7 Å². The van der Waals surface area contributed by atoms with Gasteiger partial charge in [-0.15, -0.1) is 0 Å². The summed E-state index contributed by atoms with van der Waals surface area (Å²) >= 11 is 0. The first-order chi connectivity index (χ1) is 10.5. The number of imidazole rings is 1. The fraction of sp³-hybridized carbons (Fsp3) is 0.438. The third-order valence-electron chi connectivity index (χ3n) is 4.22. The number of hydrogen-bond donors (Lipinski definition) is 2. The summed E-state index contributed by atoms with van der Waals surface area (Å²) < 4.78 is 27.3. The molecular weight excluding hydrogens is 298 g/mol. The van der Waals surface area contributed by atoms with Gasteiger partial charge < -0.3 is 4.98 Å². The van der Waals surface area contributed by atoms with E-state index in [1.165, 1.54) is 6.42 Å². The zero-order chi connectivity index (χ0) is 15.7. The van der Waals surface area contributed by atoms with E-state index in [1.54, 1.807) is 12.1 Å². The van der Waals surface area contributed by atoms with E-state index in [0.717, 1.165) is 41.8 Å². The Bertz CT molecular complexity index is 770. The first-order valence-electron chi connectivity index (χ1n) is 7.59. The molecule has 0 amide bonds.